The van der Waals surface area contributed by atoms with Gasteiger partial charge in [-0.05, 0) is 29.3 Å². The van der Waals surface area contributed by atoms with Crippen LogP contribution >= 0.6 is 15.9 Å². The zero-order chi connectivity index (χ0) is 15.2. The monoisotopic (exact) mass is 351 g/mol. The van der Waals surface area contributed by atoms with Crippen LogP contribution in [0.5, 0.6) is 0 Å². The van der Waals surface area contributed by atoms with Gasteiger partial charge in [-0.3, -0.25) is 16.0 Å². The fourth-order valence-electron chi connectivity index (χ4n) is 1.85. The summed E-state index contributed by atoms with van der Waals surface area (Å²) >= 11 is 3.39. The number of benzene rings is 2. The van der Waals surface area contributed by atoms with E-state index in [1.807, 2.05) is 24.3 Å². The molecule has 0 bridgehead atoms. The number of nitro benzene ring substituents is 1. The van der Waals surface area contributed by atoms with E-state index in [9.17, 15) is 10.1 Å². The number of hydrogen-bond acceptors (Lipinski definition) is 5. The van der Waals surface area contributed by atoms with E-state index in [2.05, 4.69) is 21.4 Å². The number of anilines is 1. The van der Waals surface area contributed by atoms with Gasteiger partial charge in [-0.2, -0.15) is 0 Å². The maximum atomic E-state index is 10.9. The van der Waals surface area contributed by atoms with Crippen molar-refractivity contribution in [2.24, 2.45) is 5.84 Å². The van der Waals surface area contributed by atoms with Crippen LogP contribution in [0.4, 0.5) is 11.4 Å². The first-order valence-electron chi connectivity index (χ1n) is 6.16. The van der Waals surface area contributed by atoms with Gasteiger partial charge in [0.2, 0.25) is 0 Å². The molecule has 3 N–H and O–H groups in total. The van der Waals surface area contributed by atoms with E-state index in [1.54, 1.807) is 12.1 Å². The minimum Gasteiger partial charge on any atom is -0.372 e. The highest BCUT2D eigenvalue weighted by molar-refractivity contribution is 9.10. The molecule has 0 saturated heterocycles. The SMILES string of the molecule is NNc1ccc(COCc2cccc(Br)c2)cc1[N+](=O)[O-]. The Morgan fingerprint density at radius 3 is 2.52 bits per heavy atom. The third kappa shape index (κ3) is 4.25. The van der Waals surface area contributed by atoms with E-state index in [1.165, 1.54) is 6.07 Å². The highest BCUT2D eigenvalue weighted by atomic mass is 79.9. The molecular weight excluding hydrogens is 338 g/mol. The van der Waals surface area contributed by atoms with Crippen molar-refractivity contribution in [2.45, 2.75) is 13.2 Å². The Morgan fingerprint density at radius 2 is 1.90 bits per heavy atom. The molecule has 2 aromatic rings. The molecule has 0 saturated carbocycles. The number of nitrogens with zero attached hydrogens (tertiary/aromatic N) is 1. The molecule has 0 amide bonds. The summed E-state index contributed by atoms with van der Waals surface area (Å²) < 4.78 is 6.56. The molecule has 0 radical (unpaired) electrons. The minimum absolute atomic E-state index is 0.0685. The summed E-state index contributed by atoms with van der Waals surface area (Å²) in [6, 6.07) is 12.5. The third-order valence-corrected chi connectivity index (χ3v) is 3.33. The number of nitrogens with two attached hydrogens (primary N) is 1. The molecular formula is C14H14BrN3O3. The van der Waals surface area contributed by atoms with E-state index in [0.717, 1.165) is 15.6 Å². The van der Waals surface area contributed by atoms with E-state index in [0.29, 0.717) is 6.61 Å². The van der Waals surface area contributed by atoms with Crippen LogP contribution in [0.3, 0.4) is 0 Å². The van der Waals surface area contributed by atoms with Gasteiger partial charge in [-0.25, -0.2) is 0 Å². The molecule has 0 aliphatic heterocycles. The molecule has 21 heavy (non-hydrogen) atoms. The largest absolute Gasteiger partial charge is 0.372 e. The van der Waals surface area contributed by atoms with Crippen molar-refractivity contribution < 1.29 is 9.66 Å². The molecule has 0 fully saturated rings. The van der Waals surface area contributed by atoms with Crippen LogP contribution in [0.25, 0.3) is 0 Å². The summed E-state index contributed by atoms with van der Waals surface area (Å²) in [5.41, 5.74) is 4.26. The van der Waals surface area contributed by atoms with Crippen LogP contribution < -0.4 is 11.3 Å². The predicted octanol–water partition coefficient (Wildman–Crippen LogP) is 3.36. The quantitative estimate of drug-likeness (QED) is 0.473. The number of hydrazine groups is 1. The summed E-state index contributed by atoms with van der Waals surface area (Å²) in [5, 5.41) is 10.9. The number of nitrogen functional groups attached to an aromatic ring is 1. The maximum absolute atomic E-state index is 10.9. The lowest BCUT2D eigenvalue weighted by Crippen LogP contribution is -2.09. The van der Waals surface area contributed by atoms with Gasteiger partial charge in [0.25, 0.3) is 5.69 Å². The molecule has 0 aliphatic rings. The van der Waals surface area contributed by atoms with Crippen LogP contribution in [0.15, 0.2) is 46.9 Å². The molecule has 0 atom stereocenters. The standard InChI is InChI=1S/C14H14BrN3O3/c15-12-3-1-2-10(6-12)8-21-9-11-4-5-13(17-16)14(7-11)18(19)20/h1-7,17H,8-9,16H2. The Labute approximate surface area is 130 Å². The Morgan fingerprint density at radius 1 is 1.19 bits per heavy atom. The van der Waals surface area contributed by atoms with E-state index < -0.39 is 4.92 Å². The zero-order valence-corrected chi connectivity index (χ0v) is 12.7. The second-order valence-electron chi connectivity index (χ2n) is 4.38. The Hall–Kier alpha value is -1.96. The van der Waals surface area contributed by atoms with Gasteiger partial charge < -0.3 is 10.2 Å². The average molecular weight is 352 g/mol. The lowest BCUT2D eigenvalue weighted by molar-refractivity contribution is -0.384. The van der Waals surface area contributed by atoms with Crippen LogP contribution in [-0.2, 0) is 18.0 Å². The van der Waals surface area contributed by atoms with E-state index in [4.69, 9.17) is 10.6 Å². The molecule has 7 heteroatoms. The van der Waals surface area contributed by atoms with Crippen molar-refractivity contribution in [3.8, 4) is 0 Å². The number of nitrogens with one attached hydrogen (secondary N) is 1. The van der Waals surface area contributed by atoms with Crippen LogP contribution in [0.2, 0.25) is 0 Å². The number of halogens is 1. The summed E-state index contributed by atoms with van der Waals surface area (Å²) in [4.78, 5) is 10.5. The molecule has 2 rings (SSSR count). The van der Waals surface area contributed by atoms with Gasteiger partial charge in [0.1, 0.15) is 5.69 Å². The summed E-state index contributed by atoms with van der Waals surface area (Å²) in [7, 11) is 0. The molecule has 2 aromatic carbocycles. The fraction of sp³-hybridized carbons (Fsp3) is 0.143. The smallest absolute Gasteiger partial charge is 0.294 e. The van der Waals surface area contributed by atoms with E-state index >= 15 is 0 Å². The Bertz CT molecular complexity index is 649. The normalized spacial score (nSPS) is 10.4. The van der Waals surface area contributed by atoms with E-state index in [-0.39, 0.29) is 18.0 Å². The minimum atomic E-state index is -0.479. The number of rotatable bonds is 6. The van der Waals surface area contributed by atoms with Gasteiger partial charge >= 0.3 is 0 Å². The molecule has 6 nitrogen and oxygen atoms in total. The summed E-state index contributed by atoms with van der Waals surface area (Å²) in [6.45, 7) is 0.725. The second kappa shape index (κ2) is 7.16. The van der Waals surface area contributed by atoms with Crippen LogP contribution in [0, 0.1) is 10.1 Å². The highest BCUT2D eigenvalue weighted by Crippen LogP contribution is 2.25. The fourth-order valence-corrected chi connectivity index (χ4v) is 2.30. The molecule has 0 aliphatic carbocycles. The van der Waals surface area contributed by atoms with Crippen molar-refractivity contribution >= 4 is 27.3 Å². The third-order valence-electron chi connectivity index (χ3n) is 2.84. The number of nitro groups is 1. The first kappa shape index (κ1) is 15.4. The molecule has 110 valence electrons. The Kier molecular flexibility index (Phi) is 5.26. The molecule has 0 spiro atoms. The summed E-state index contributed by atoms with van der Waals surface area (Å²) in [5.74, 6) is 5.24. The zero-order valence-electron chi connectivity index (χ0n) is 11.1. The van der Waals surface area contributed by atoms with Crippen LogP contribution in [-0.4, -0.2) is 4.92 Å². The van der Waals surface area contributed by atoms with Crippen molar-refractivity contribution in [2.75, 3.05) is 5.43 Å². The van der Waals surface area contributed by atoms with Gasteiger partial charge in [-0.15, -0.1) is 0 Å². The van der Waals surface area contributed by atoms with Gasteiger partial charge in [0.05, 0.1) is 18.1 Å². The van der Waals surface area contributed by atoms with Crippen molar-refractivity contribution in [3.63, 3.8) is 0 Å². The first-order valence-corrected chi connectivity index (χ1v) is 6.95. The maximum Gasteiger partial charge on any atom is 0.294 e. The molecule has 0 unspecified atom stereocenters. The van der Waals surface area contributed by atoms with Gasteiger partial charge in [0.15, 0.2) is 0 Å². The van der Waals surface area contributed by atoms with Gasteiger partial charge in [-0.1, -0.05) is 34.1 Å². The molecule has 0 aromatic heterocycles. The predicted molar refractivity (Wildman–Crippen MR) is 83.5 cm³/mol. The summed E-state index contributed by atoms with van der Waals surface area (Å²) in [6.07, 6.45) is 0. The second-order valence-corrected chi connectivity index (χ2v) is 5.29. The Balaban J connectivity index is 2.00. The average Bonchev–Trinajstić information content (AvgIpc) is 2.47. The van der Waals surface area contributed by atoms with Crippen LogP contribution in [0.1, 0.15) is 11.1 Å². The van der Waals surface area contributed by atoms with Crippen molar-refractivity contribution in [3.05, 3.63) is 68.2 Å². The molecule has 0 heterocycles. The number of hydrogen-bond donors (Lipinski definition) is 2. The first-order chi connectivity index (χ1) is 10.1. The lowest BCUT2D eigenvalue weighted by atomic mass is 10.2. The lowest BCUT2D eigenvalue weighted by Gasteiger charge is -2.07. The highest BCUT2D eigenvalue weighted by Gasteiger charge is 2.13. The van der Waals surface area contributed by atoms with Crippen molar-refractivity contribution in [1.29, 1.82) is 0 Å². The van der Waals surface area contributed by atoms with Crippen molar-refractivity contribution in [1.82, 2.24) is 0 Å². The topological polar surface area (TPSA) is 90.4 Å². The van der Waals surface area contributed by atoms with Gasteiger partial charge in [0, 0.05) is 10.5 Å². The number of ether oxygens (including phenoxy) is 1.